The minimum atomic E-state index is -2.78. The largest absolute Gasteiger partial charge is 0.480 e. The van der Waals surface area contributed by atoms with Crippen LogP contribution in [-0.4, -0.2) is 60.1 Å². The van der Waals surface area contributed by atoms with Crippen LogP contribution in [-0.2, 0) is 23.9 Å². The molecule has 0 aliphatic heterocycles. The predicted molar refractivity (Wildman–Crippen MR) is 90.7 cm³/mol. The number of rotatable bonds is 8. The highest BCUT2D eigenvalue weighted by Gasteiger charge is 2.25. The summed E-state index contributed by atoms with van der Waals surface area (Å²) < 4.78 is 21.0. The van der Waals surface area contributed by atoms with Crippen molar-refractivity contribution in [3.05, 3.63) is 0 Å². The second kappa shape index (κ2) is 9.36. The van der Waals surface area contributed by atoms with Crippen LogP contribution in [0.5, 0.6) is 0 Å². The van der Waals surface area contributed by atoms with Crippen LogP contribution in [0.1, 0.15) is 44.3 Å². The van der Waals surface area contributed by atoms with Crippen molar-refractivity contribution < 1.29 is 31.8 Å². The Bertz CT molecular complexity index is 582. The van der Waals surface area contributed by atoms with Gasteiger partial charge in [0.15, 0.2) is 0 Å². The number of ether oxygens (including phenoxy) is 1. The molecule has 0 aromatic heterocycles. The number of aliphatic carboxylic acids is 1. The minimum Gasteiger partial charge on any atom is -0.480 e. The maximum Gasteiger partial charge on any atom is 0.322 e. The summed E-state index contributed by atoms with van der Waals surface area (Å²) in [7, 11) is 0. The molecular formula is C16H29N3O6. The van der Waals surface area contributed by atoms with Gasteiger partial charge in [0.2, 0.25) is 17.7 Å². The summed E-state index contributed by atoms with van der Waals surface area (Å²) in [5.41, 5.74) is -1.59. The molecule has 144 valence electrons. The van der Waals surface area contributed by atoms with Gasteiger partial charge in [-0.05, 0) is 20.8 Å². The summed E-state index contributed by atoms with van der Waals surface area (Å²) in [5.74, 6) is -4.08. The minimum absolute atomic E-state index is 0.315. The predicted octanol–water partition coefficient (Wildman–Crippen LogP) is -0.351. The zero-order chi connectivity index (χ0) is 21.6. The Morgan fingerprint density at radius 3 is 2.08 bits per heavy atom. The van der Waals surface area contributed by atoms with E-state index in [2.05, 4.69) is 10.6 Å². The first kappa shape index (κ1) is 19.2. The molecule has 0 bridgehead atoms. The number of amides is 3. The monoisotopic (exact) mass is 361 g/mol. The van der Waals surface area contributed by atoms with Crippen LogP contribution in [0, 0.1) is 5.41 Å². The van der Waals surface area contributed by atoms with E-state index in [4.69, 9.17) is 12.6 Å². The smallest absolute Gasteiger partial charge is 0.322 e. The van der Waals surface area contributed by atoms with E-state index in [-0.39, 0.29) is 6.61 Å². The van der Waals surface area contributed by atoms with E-state index in [1.54, 1.807) is 41.5 Å². The maximum atomic E-state index is 12.3. The van der Waals surface area contributed by atoms with Crippen molar-refractivity contribution in [3.63, 3.8) is 0 Å². The Hall–Kier alpha value is -2.16. The Kier molecular flexibility index (Phi) is 7.17. The molecule has 25 heavy (non-hydrogen) atoms. The molecule has 9 nitrogen and oxygen atoms in total. The number of carbonyl (C=O) groups is 4. The SMILES string of the molecule is [2H]C([2H])(NC(=O)C(C)(C)C)C(=O)N[C@H](COC(C)(C)C)C(=O)NCC(=O)O. The van der Waals surface area contributed by atoms with Gasteiger partial charge >= 0.3 is 5.97 Å². The molecule has 1 atom stereocenters. The van der Waals surface area contributed by atoms with E-state index in [1.165, 1.54) is 0 Å². The van der Waals surface area contributed by atoms with Gasteiger partial charge < -0.3 is 25.8 Å². The van der Waals surface area contributed by atoms with E-state index in [0.717, 1.165) is 0 Å². The molecule has 0 aliphatic rings. The van der Waals surface area contributed by atoms with Crippen LogP contribution in [0.25, 0.3) is 0 Å². The van der Waals surface area contributed by atoms with Crippen LogP contribution in [0.4, 0.5) is 0 Å². The van der Waals surface area contributed by atoms with Crippen molar-refractivity contribution >= 4 is 23.7 Å². The van der Waals surface area contributed by atoms with Gasteiger partial charge in [-0.1, -0.05) is 20.8 Å². The highest BCUT2D eigenvalue weighted by atomic mass is 16.5. The first-order valence-corrected chi connectivity index (χ1v) is 7.73. The number of hydrogen-bond acceptors (Lipinski definition) is 5. The van der Waals surface area contributed by atoms with Crippen LogP contribution in [0.2, 0.25) is 0 Å². The average Bonchev–Trinajstić information content (AvgIpc) is 2.46. The number of carbonyl (C=O) groups excluding carboxylic acids is 3. The third-order valence-corrected chi connectivity index (χ3v) is 2.69. The fourth-order valence-electron chi connectivity index (χ4n) is 1.30. The van der Waals surface area contributed by atoms with Crippen molar-refractivity contribution in [3.8, 4) is 0 Å². The Balaban J connectivity index is 5.20. The Morgan fingerprint density at radius 2 is 1.64 bits per heavy atom. The third-order valence-electron chi connectivity index (χ3n) is 2.69. The number of hydrogen-bond donors (Lipinski definition) is 4. The van der Waals surface area contributed by atoms with Crippen molar-refractivity contribution in [2.24, 2.45) is 5.41 Å². The van der Waals surface area contributed by atoms with Gasteiger partial charge in [-0.2, -0.15) is 0 Å². The summed E-state index contributed by atoms with van der Waals surface area (Å²) in [5, 5.41) is 14.9. The fourth-order valence-corrected chi connectivity index (χ4v) is 1.30. The van der Waals surface area contributed by atoms with Crippen molar-refractivity contribution in [1.29, 1.82) is 0 Å². The zero-order valence-electron chi connectivity index (χ0n) is 17.5. The average molecular weight is 361 g/mol. The molecule has 0 radical (unpaired) electrons. The van der Waals surface area contributed by atoms with Gasteiger partial charge in [-0.15, -0.1) is 0 Å². The summed E-state index contributed by atoms with van der Waals surface area (Å²) in [4.78, 5) is 46.9. The topological polar surface area (TPSA) is 134 Å². The lowest BCUT2D eigenvalue weighted by Gasteiger charge is -2.25. The Morgan fingerprint density at radius 1 is 1.08 bits per heavy atom. The number of carboxylic acids is 1. The van der Waals surface area contributed by atoms with E-state index < -0.39 is 53.8 Å². The molecule has 0 aliphatic carbocycles. The van der Waals surface area contributed by atoms with Crippen molar-refractivity contribution in [1.82, 2.24) is 16.0 Å². The van der Waals surface area contributed by atoms with Gasteiger partial charge in [0.1, 0.15) is 12.6 Å². The fraction of sp³-hybridized carbons (Fsp3) is 0.750. The van der Waals surface area contributed by atoms with Crippen LogP contribution >= 0.6 is 0 Å². The lowest BCUT2D eigenvalue weighted by molar-refractivity contribution is -0.139. The lowest BCUT2D eigenvalue weighted by Crippen LogP contribution is -2.53. The highest BCUT2D eigenvalue weighted by molar-refractivity contribution is 5.91. The second-order valence-electron chi connectivity index (χ2n) is 7.39. The summed E-state index contributed by atoms with van der Waals surface area (Å²) >= 11 is 0. The van der Waals surface area contributed by atoms with Gasteiger partial charge in [0, 0.05) is 5.41 Å². The van der Waals surface area contributed by atoms with Crippen LogP contribution in [0.3, 0.4) is 0 Å². The summed E-state index contributed by atoms with van der Waals surface area (Å²) in [6.07, 6.45) is 0. The standard InChI is InChI=1S/C16H29N3O6/c1-15(2,3)14(24)18-7-11(20)19-10(9-25-16(4,5)6)13(23)17-8-12(21)22/h10H,7-9H2,1-6H3,(H,17,23)(H,18,24)(H,19,20)(H,21,22)/t10-/m1/s1/i7D2. The molecule has 0 spiro atoms. The number of carboxylic acid groups (broad SMARTS) is 1. The molecule has 0 fully saturated rings. The zero-order valence-corrected chi connectivity index (χ0v) is 15.5. The van der Waals surface area contributed by atoms with Gasteiger partial charge in [-0.25, -0.2) is 0 Å². The summed E-state index contributed by atoms with van der Waals surface area (Å²) in [6, 6.07) is -1.35. The van der Waals surface area contributed by atoms with E-state index in [9.17, 15) is 19.2 Å². The van der Waals surface area contributed by atoms with E-state index in [1.807, 2.05) is 5.32 Å². The quantitative estimate of drug-likeness (QED) is 0.467. The summed E-state index contributed by atoms with van der Waals surface area (Å²) in [6.45, 7) is 6.02. The van der Waals surface area contributed by atoms with Crippen molar-refractivity contribution in [2.45, 2.75) is 53.2 Å². The van der Waals surface area contributed by atoms with Gasteiger partial charge in [-0.3, -0.25) is 19.2 Å². The molecular weight excluding hydrogens is 330 g/mol. The van der Waals surface area contributed by atoms with Crippen LogP contribution in [0.15, 0.2) is 0 Å². The maximum absolute atomic E-state index is 12.3. The molecule has 3 amide bonds. The highest BCUT2D eigenvalue weighted by Crippen LogP contribution is 2.12. The molecule has 0 unspecified atom stereocenters. The van der Waals surface area contributed by atoms with Gasteiger partial charge in [0.05, 0.1) is 21.4 Å². The molecule has 0 saturated heterocycles. The molecule has 0 aromatic carbocycles. The normalized spacial score (nSPS) is 14.6. The van der Waals surface area contributed by atoms with Crippen molar-refractivity contribution in [2.75, 3.05) is 19.6 Å². The van der Waals surface area contributed by atoms with E-state index in [0.29, 0.717) is 0 Å². The third kappa shape index (κ3) is 11.1. The lowest BCUT2D eigenvalue weighted by atomic mass is 9.96. The molecule has 9 heteroatoms. The first-order chi connectivity index (χ1) is 12.0. The van der Waals surface area contributed by atoms with E-state index >= 15 is 0 Å². The molecule has 4 N–H and O–H groups in total. The molecule has 0 aromatic rings. The molecule has 0 rings (SSSR count). The Labute approximate surface area is 150 Å². The number of nitrogens with one attached hydrogen (secondary N) is 3. The second-order valence-corrected chi connectivity index (χ2v) is 7.39. The molecule has 0 heterocycles. The molecule has 0 saturated carbocycles. The van der Waals surface area contributed by atoms with Gasteiger partial charge in [0.25, 0.3) is 0 Å². The first-order valence-electron chi connectivity index (χ1n) is 8.73. The van der Waals surface area contributed by atoms with Crippen LogP contribution < -0.4 is 16.0 Å².